The minimum absolute atomic E-state index is 0.212. The minimum atomic E-state index is -3.32. The highest BCUT2D eigenvalue weighted by atomic mass is 32.2. The number of carbonyl (C=O) groups excluding carboxylic acids is 2. The second-order valence-electron chi connectivity index (χ2n) is 6.40. The molecule has 0 aromatic carbocycles. The Hall–Kier alpha value is -2.21. The number of esters is 1. The van der Waals surface area contributed by atoms with Crippen molar-refractivity contribution in [1.29, 1.82) is 0 Å². The van der Waals surface area contributed by atoms with Crippen LogP contribution >= 0.6 is 0 Å². The molecule has 0 radical (unpaired) electrons. The van der Waals surface area contributed by atoms with Crippen molar-refractivity contribution in [2.24, 2.45) is 7.05 Å². The zero-order valence-corrected chi connectivity index (χ0v) is 16.5. The van der Waals surface area contributed by atoms with Gasteiger partial charge in [-0.2, -0.15) is 5.10 Å². The molecule has 1 aliphatic heterocycles. The van der Waals surface area contributed by atoms with Crippen LogP contribution in [0, 0.1) is 0 Å². The van der Waals surface area contributed by atoms with Crippen molar-refractivity contribution < 1.29 is 22.7 Å². The van der Waals surface area contributed by atoms with E-state index in [9.17, 15) is 22.8 Å². The molecule has 0 saturated carbocycles. The Kier molecular flexibility index (Phi) is 6.76. The minimum Gasteiger partial charge on any atom is -0.465 e. The Morgan fingerprint density at radius 3 is 2.70 bits per heavy atom. The maximum absolute atomic E-state index is 12.3. The van der Waals surface area contributed by atoms with Gasteiger partial charge in [0.15, 0.2) is 0 Å². The van der Waals surface area contributed by atoms with Gasteiger partial charge in [-0.05, 0) is 19.8 Å². The number of nitrogens with zero attached hydrogens (tertiary/aromatic N) is 4. The molecule has 0 bridgehead atoms. The lowest BCUT2D eigenvalue weighted by molar-refractivity contribution is -0.143. The first-order chi connectivity index (χ1) is 12.6. The van der Waals surface area contributed by atoms with Gasteiger partial charge < -0.3 is 10.1 Å². The molecule has 152 valence electrons. The zero-order chi connectivity index (χ0) is 20.2. The lowest BCUT2D eigenvalue weighted by atomic mass is 9.99. The second-order valence-corrected chi connectivity index (χ2v) is 8.38. The summed E-state index contributed by atoms with van der Waals surface area (Å²) in [5, 5.41) is 6.59. The molecule has 2 heterocycles. The normalized spacial score (nSPS) is 18.3. The molecule has 1 aliphatic rings. The Morgan fingerprint density at radius 2 is 2.07 bits per heavy atom. The lowest BCUT2D eigenvalue weighted by Gasteiger charge is -2.30. The molecule has 27 heavy (non-hydrogen) atoms. The van der Waals surface area contributed by atoms with Gasteiger partial charge in [0.05, 0.1) is 12.9 Å². The van der Waals surface area contributed by atoms with E-state index in [4.69, 9.17) is 4.74 Å². The monoisotopic (exact) mass is 403 g/mol. The molecule has 0 aliphatic carbocycles. The van der Waals surface area contributed by atoms with Gasteiger partial charge in [-0.1, -0.05) is 0 Å². The van der Waals surface area contributed by atoms with Crippen LogP contribution in [0.25, 0.3) is 0 Å². The third-order valence-corrected chi connectivity index (χ3v) is 5.59. The molecule has 1 saturated heterocycles. The second kappa shape index (κ2) is 8.65. The highest BCUT2D eigenvalue weighted by Gasteiger charge is 2.30. The first-order valence-corrected chi connectivity index (χ1v) is 10.5. The van der Waals surface area contributed by atoms with Crippen molar-refractivity contribution in [3.63, 3.8) is 0 Å². The predicted octanol–water partition coefficient (Wildman–Crippen LogP) is -1.60. The highest BCUT2D eigenvalue weighted by Crippen LogP contribution is 2.25. The molecule has 1 aromatic heterocycles. The van der Waals surface area contributed by atoms with E-state index in [0.29, 0.717) is 25.2 Å². The van der Waals surface area contributed by atoms with E-state index in [0.717, 1.165) is 10.9 Å². The smallest absolute Gasteiger partial charge is 0.346 e. The summed E-state index contributed by atoms with van der Waals surface area (Å²) in [6, 6.07) is 0. The van der Waals surface area contributed by atoms with Crippen LogP contribution in [0.1, 0.15) is 31.5 Å². The molecule has 11 nitrogen and oxygen atoms in total. The summed E-state index contributed by atoms with van der Waals surface area (Å²) in [6.45, 7) is 1.94. The summed E-state index contributed by atoms with van der Waals surface area (Å²) in [5.41, 5.74) is -0.479. The van der Waals surface area contributed by atoms with E-state index < -0.39 is 27.6 Å². The molecule has 1 atom stereocenters. The molecule has 1 fully saturated rings. The summed E-state index contributed by atoms with van der Waals surface area (Å²) in [6.07, 6.45) is 2.52. The maximum atomic E-state index is 12.3. The molecule has 0 spiro atoms. The van der Waals surface area contributed by atoms with Crippen molar-refractivity contribution in [2.45, 2.75) is 32.2 Å². The number of ether oxygens (including phenoxy) is 1. The van der Waals surface area contributed by atoms with E-state index in [2.05, 4.69) is 10.4 Å². The fourth-order valence-corrected chi connectivity index (χ4v) is 3.90. The van der Waals surface area contributed by atoms with Crippen molar-refractivity contribution >= 4 is 21.9 Å². The molecule has 2 rings (SSSR count). The number of hydrogen-bond acceptors (Lipinski definition) is 7. The fourth-order valence-electron chi connectivity index (χ4n) is 2.99. The molecule has 1 unspecified atom stereocenters. The van der Waals surface area contributed by atoms with Crippen LogP contribution in [0.5, 0.6) is 0 Å². The van der Waals surface area contributed by atoms with Gasteiger partial charge in [-0.25, -0.2) is 22.2 Å². The highest BCUT2D eigenvalue weighted by molar-refractivity contribution is 7.88. The molecule has 1 aromatic rings. The number of hydrogen-bond donors (Lipinski definition) is 1. The number of nitrogens with one attached hydrogen (secondary N) is 1. The van der Waals surface area contributed by atoms with Crippen LogP contribution in [0.3, 0.4) is 0 Å². The summed E-state index contributed by atoms with van der Waals surface area (Å²) < 4.78 is 32.0. The SMILES string of the molecule is CCOC(=O)CNC(=O)Cn1nc(C2CCCN(S(C)(=O)=O)C2)n(C)c1=O. The van der Waals surface area contributed by atoms with Crippen LogP contribution in [-0.2, 0) is 37.9 Å². The fraction of sp³-hybridized carbons (Fsp3) is 0.733. The van der Waals surface area contributed by atoms with E-state index >= 15 is 0 Å². The molecular weight excluding hydrogens is 378 g/mol. The summed E-state index contributed by atoms with van der Waals surface area (Å²) in [5.74, 6) is -0.902. The van der Waals surface area contributed by atoms with Crippen LogP contribution in [-0.4, -0.2) is 71.4 Å². The van der Waals surface area contributed by atoms with Crippen molar-refractivity contribution in [2.75, 3.05) is 32.5 Å². The van der Waals surface area contributed by atoms with Crippen LogP contribution in [0.4, 0.5) is 0 Å². The van der Waals surface area contributed by atoms with Crippen molar-refractivity contribution in [3.05, 3.63) is 16.3 Å². The number of rotatable bonds is 7. The summed E-state index contributed by atoms with van der Waals surface area (Å²) >= 11 is 0. The average Bonchev–Trinajstić information content (AvgIpc) is 2.88. The predicted molar refractivity (Wildman–Crippen MR) is 95.5 cm³/mol. The molecule has 1 amide bonds. The van der Waals surface area contributed by atoms with Gasteiger partial charge in [0, 0.05) is 26.1 Å². The largest absolute Gasteiger partial charge is 0.465 e. The maximum Gasteiger partial charge on any atom is 0.346 e. The van der Waals surface area contributed by atoms with E-state index in [1.807, 2.05) is 0 Å². The number of aromatic nitrogens is 3. The van der Waals surface area contributed by atoms with Gasteiger partial charge in [0.1, 0.15) is 18.9 Å². The van der Waals surface area contributed by atoms with E-state index in [1.54, 1.807) is 6.92 Å². The van der Waals surface area contributed by atoms with Gasteiger partial charge >= 0.3 is 11.7 Å². The van der Waals surface area contributed by atoms with Gasteiger partial charge in [-0.15, -0.1) is 0 Å². The van der Waals surface area contributed by atoms with Crippen LogP contribution in [0.2, 0.25) is 0 Å². The summed E-state index contributed by atoms with van der Waals surface area (Å²) in [4.78, 5) is 35.5. The van der Waals surface area contributed by atoms with E-state index in [-0.39, 0.29) is 32.2 Å². The third kappa shape index (κ3) is 5.39. The number of carbonyl (C=O) groups is 2. The van der Waals surface area contributed by atoms with Crippen molar-refractivity contribution in [1.82, 2.24) is 24.0 Å². The number of amides is 1. The van der Waals surface area contributed by atoms with Crippen LogP contribution < -0.4 is 11.0 Å². The first kappa shape index (κ1) is 21.1. The Bertz CT molecular complexity index is 859. The molecular formula is C15H25N5O6S. The molecule has 12 heteroatoms. The Morgan fingerprint density at radius 1 is 1.37 bits per heavy atom. The van der Waals surface area contributed by atoms with Gasteiger partial charge in [0.2, 0.25) is 15.9 Å². The quantitative estimate of drug-likeness (QED) is 0.542. The first-order valence-electron chi connectivity index (χ1n) is 8.64. The summed E-state index contributed by atoms with van der Waals surface area (Å²) in [7, 11) is -1.78. The van der Waals surface area contributed by atoms with Crippen molar-refractivity contribution in [3.8, 4) is 0 Å². The van der Waals surface area contributed by atoms with Crippen LogP contribution in [0.15, 0.2) is 4.79 Å². The number of sulfonamides is 1. The Labute approximate surface area is 157 Å². The topological polar surface area (TPSA) is 133 Å². The standard InChI is InChI=1S/C15H25N5O6S/c1-4-26-13(22)8-16-12(21)10-20-15(23)18(2)14(17-20)11-6-5-7-19(9-11)27(3,24)25/h11H,4-10H2,1-3H3,(H,16,21). The van der Waals surface area contributed by atoms with Gasteiger partial charge in [-0.3, -0.25) is 14.2 Å². The zero-order valence-electron chi connectivity index (χ0n) is 15.7. The molecule has 1 N–H and O–H groups in total. The average molecular weight is 403 g/mol. The van der Waals surface area contributed by atoms with E-state index in [1.165, 1.54) is 15.9 Å². The number of piperidine rings is 1. The third-order valence-electron chi connectivity index (χ3n) is 4.32. The van der Waals surface area contributed by atoms with Gasteiger partial charge in [0.25, 0.3) is 0 Å². The lowest BCUT2D eigenvalue weighted by Crippen LogP contribution is -2.39. The Balaban J connectivity index is 2.08.